The number of hydrogen-bond donors (Lipinski definition) is 0. The molecule has 0 N–H and O–H groups in total. The third kappa shape index (κ3) is 5.91. The molecule has 0 aliphatic carbocycles. The van der Waals surface area contributed by atoms with Crippen LogP contribution in [0.25, 0.3) is 100 Å². The van der Waals surface area contributed by atoms with E-state index in [1.807, 2.05) is 91.0 Å². The summed E-state index contributed by atoms with van der Waals surface area (Å²) in [5, 5.41) is 4.53. The van der Waals surface area contributed by atoms with Crippen molar-refractivity contribution in [2.45, 2.75) is 6.18 Å². The zero-order valence-corrected chi connectivity index (χ0v) is 31.8. The molecule has 8 heteroatoms. The third-order valence-electron chi connectivity index (χ3n) is 11.2. The van der Waals surface area contributed by atoms with Crippen molar-refractivity contribution in [2.75, 3.05) is 0 Å². The van der Waals surface area contributed by atoms with E-state index in [0.29, 0.717) is 34.2 Å². The predicted octanol–water partition coefficient (Wildman–Crippen LogP) is 13.8. The molecule has 11 rings (SSSR count). The highest BCUT2D eigenvalue weighted by Crippen LogP contribution is 2.40. The minimum Gasteiger partial charge on any atom is -0.309 e. The number of aromatic nitrogens is 5. The van der Waals surface area contributed by atoms with Crippen LogP contribution >= 0.6 is 0 Å². The van der Waals surface area contributed by atoms with Crippen LogP contribution in [0.3, 0.4) is 0 Å². The van der Waals surface area contributed by atoms with Gasteiger partial charge in [0.05, 0.1) is 27.6 Å². The highest BCUT2D eigenvalue weighted by atomic mass is 19.4. The van der Waals surface area contributed by atoms with Crippen molar-refractivity contribution < 1.29 is 13.2 Å². The molecule has 0 aliphatic rings. The number of hydrogen-bond acceptors (Lipinski definition) is 3. The van der Waals surface area contributed by atoms with Gasteiger partial charge >= 0.3 is 6.18 Å². The van der Waals surface area contributed by atoms with Gasteiger partial charge in [0.1, 0.15) is 0 Å². The highest BCUT2D eigenvalue weighted by Gasteiger charge is 2.30. The Morgan fingerprint density at radius 3 is 1.30 bits per heavy atom. The maximum Gasteiger partial charge on any atom is 0.416 e. The summed E-state index contributed by atoms with van der Waals surface area (Å²) in [6.07, 6.45) is -4.47. The van der Waals surface area contributed by atoms with E-state index in [1.54, 1.807) is 0 Å². The Kier molecular flexibility index (Phi) is 8.20. The number of halogens is 3. The van der Waals surface area contributed by atoms with E-state index >= 15 is 0 Å². The van der Waals surface area contributed by atoms with Crippen molar-refractivity contribution in [3.63, 3.8) is 0 Å². The summed E-state index contributed by atoms with van der Waals surface area (Å²) in [7, 11) is 0. The second kappa shape index (κ2) is 13.9. The Balaban J connectivity index is 1.18. The fourth-order valence-electron chi connectivity index (χ4n) is 8.45. The highest BCUT2D eigenvalue weighted by molar-refractivity contribution is 6.12. The summed E-state index contributed by atoms with van der Waals surface area (Å²) >= 11 is 0. The van der Waals surface area contributed by atoms with Crippen LogP contribution in [0.15, 0.2) is 194 Å². The first-order valence-corrected chi connectivity index (χ1v) is 19.6. The summed E-state index contributed by atoms with van der Waals surface area (Å²) in [6, 6.07) is 62.6. The zero-order valence-electron chi connectivity index (χ0n) is 31.8. The largest absolute Gasteiger partial charge is 0.416 e. The maximum absolute atomic E-state index is 13.8. The minimum atomic E-state index is -4.47. The van der Waals surface area contributed by atoms with Crippen molar-refractivity contribution in [1.29, 1.82) is 0 Å². The summed E-state index contributed by atoms with van der Waals surface area (Å²) < 4.78 is 45.9. The molecule has 0 aliphatic heterocycles. The number of para-hydroxylation sites is 3. The first kappa shape index (κ1) is 35.3. The zero-order chi connectivity index (χ0) is 40.4. The Morgan fingerprint density at radius 2 is 0.767 bits per heavy atom. The van der Waals surface area contributed by atoms with E-state index in [9.17, 15) is 13.2 Å². The van der Waals surface area contributed by atoms with Crippen molar-refractivity contribution in [2.24, 2.45) is 0 Å². The maximum atomic E-state index is 13.8. The second-order valence-electron chi connectivity index (χ2n) is 14.8. The van der Waals surface area contributed by atoms with E-state index in [4.69, 9.17) is 15.0 Å². The summed E-state index contributed by atoms with van der Waals surface area (Å²) in [5.74, 6) is 1.36. The molecule has 3 aromatic heterocycles. The van der Waals surface area contributed by atoms with E-state index < -0.39 is 11.7 Å². The lowest BCUT2D eigenvalue weighted by Crippen LogP contribution is -2.04. The lowest BCUT2D eigenvalue weighted by Gasteiger charge is -2.16. The fourth-order valence-corrected chi connectivity index (χ4v) is 8.45. The molecule has 5 nitrogen and oxygen atoms in total. The molecule has 0 fully saturated rings. The third-order valence-corrected chi connectivity index (χ3v) is 11.2. The van der Waals surface area contributed by atoms with Gasteiger partial charge in [0.15, 0.2) is 17.5 Å². The molecule has 0 unspecified atom stereocenters. The van der Waals surface area contributed by atoms with E-state index in [1.165, 1.54) is 22.9 Å². The number of rotatable bonds is 6. The summed E-state index contributed by atoms with van der Waals surface area (Å²) in [5.41, 5.74) is 8.92. The van der Waals surface area contributed by atoms with Gasteiger partial charge in [0.25, 0.3) is 0 Å². The molecule has 286 valence electrons. The van der Waals surface area contributed by atoms with Gasteiger partial charge in [-0.15, -0.1) is 0 Å². The number of benzene rings is 8. The lowest BCUT2D eigenvalue weighted by molar-refractivity contribution is -0.137. The van der Waals surface area contributed by atoms with Crippen molar-refractivity contribution in [1.82, 2.24) is 24.1 Å². The molecule has 60 heavy (non-hydrogen) atoms. The van der Waals surface area contributed by atoms with Gasteiger partial charge < -0.3 is 9.13 Å². The van der Waals surface area contributed by atoms with Crippen LogP contribution in [-0.2, 0) is 6.18 Å². The van der Waals surface area contributed by atoms with Crippen LogP contribution in [0.5, 0.6) is 0 Å². The molecule has 0 amide bonds. The minimum absolute atomic E-state index is 0.395. The van der Waals surface area contributed by atoms with Gasteiger partial charge in [-0.1, -0.05) is 140 Å². The molecule has 0 saturated heterocycles. The SMILES string of the molecule is FC(F)(F)c1ccc(-c2ccc(-n3c4ccccc4c4ccc(-n5c6ccccc6c6ccccc65)cc43)cc2-c2nc(-c3ccccc3)nc(-c3ccccc3)n2)cc1. The fraction of sp³-hybridized carbons (Fsp3) is 0.0192. The lowest BCUT2D eigenvalue weighted by atomic mass is 9.97. The number of nitrogens with zero attached hydrogens (tertiary/aromatic N) is 5. The van der Waals surface area contributed by atoms with Crippen LogP contribution in [0, 0.1) is 0 Å². The van der Waals surface area contributed by atoms with Crippen molar-refractivity contribution >= 4 is 43.6 Å². The van der Waals surface area contributed by atoms with Crippen LogP contribution in [-0.4, -0.2) is 24.1 Å². The predicted molar refractivity (Wildman–Crippen MR) is 235 cm³/mol. The van der Waals surface area contributed by atoms with E-state index in [2.05, 4.69) is 88.0 Å². The van der Waals surface area contributed by atoms with Gasteiger partial charge in [-0.05, 0) is 65.7 Å². The Hall–Kier alpha value is -7.84. The summed E-state index contributed by atoms with van der Waals surface area (Å²) in [4.78, 5) is 15.1. The van der Waals surface area contributed by atoms with Crippen LogP contribution < -0.4 is 0 Å². The van der Waals surface area contributed by atoms with E-state index in [-0.39, 0.29) is 0 Å². The Labute approximate surface area is 342 Å². The number of fused-ring (bicyclic) bond motifs is 6. The molecule has 8 aromatic carbocycles. The standard InChI is InChI=1S/C52H32F3N5/c53-52(54,55)36-25-23-33(24-26-36)39-29-27-37(31-44(39)51-57-49(34-13-3-1-4-14-34)56-50(58-51)35-15-5-2-6-16-35)60-47-22-12-9-19-42(47)43-30-28-38(32-48(43)60)59-45-20-10-7-17-40(45)41-18-8-11-21-46(41)59/h1-32H. The molecular weight excluding hydrogens is 752 g/mol. The molecule has 0 radical (unpaired) electrons. The Bertz CT molecular complexity index is 3290. The normalized spacial score (nSPS) is 11.9. The topological polar surface area (TPSA) is 48.5 Å². The first-order valence-electron chi connectivity index (χ1n) is 19.6. The van der Waals surface area contributed by atoms with Gasteiger partial charge in [-0.3, -0.25) is 0 Å². The molecule has 0 saturated carbocycles. The van der Waals surface area contributed by atoms with Gasteiger partial charge in [-0.25, -0.2) is 15.0 Å². The monoisotopic (exact) mass is 783 g/mol. The van der Waals surface area contributed by atoms with Crippen molar-refractivity contribution in [3.05, 3.63) is 200 Å². The number of alkyl halides is 3. The quantitative estimate of drug-likeness (QED) is 0.169. The van der Waals surface area contributed by atoms with Gasteiger partial charge in [0.2, 0.25) is 0 Å². The molecule has 0 spiro atoms. The molecule has 0 bridgehead atoms. The smallest absolute Gasteiger partial charge is 0.309 e. The van der Waals surface area contributed by atoms with Crippen LogP contribution in [0.2, 0.25) is 0 Å². The summed E-state index contributed by atoms with van der Waals surface area (Å²) in [6.45, 7) is 0. The Morgan fingerprint density at radius 1 is 0.333 bits per heavy atom. The van der Waals surface area contributed by atoms with Gasteiger partial charge in [-0.2, -0.15) is 13.2 Å². The van der Waals surface area contributed by atoms with Crippen LogP contribution in [0.1, 0.15) is 5.56 Å². The molecular formula is C52H32F3N5. The molecule has 3 heterocycles. The average Bonchev–Trinajstić information content (AvgIpc) is 3.81. The van der Waals surface area contributed by atoms with Crippen molar-refractivity contribution in [3.8, 4) is 56.7 Å². The second-order valence-corrected chi connectivity index (χ2v) is 14.8. The first-order chi connectivity index (χ1) is 29.4. The van der Waals surface area contributed by atoms with E-state index in [0.717, 1.165) is 67.5 Å². The molecule has 0 atom stereocenters. The van der Waals surface area contributed by atoms with Gasteiger partial charge in [0, 0.05) is 49.6 Å². The molecule has 11 aromatic rings. The van der Waals surface area contributed by atoms with Crippen LogP contribution in [0.4, 0.5) is 13.2 Å². The average molecular weight is 784 g/mol.